The van der Waals surface area contributed by atoms with Gasteiger partial charge in [-0.05, 0) is 55.4 Å². The molecule has 1 aliphatic carbocycles. The number of anilines is 1. The maximum Gasteiger partial charge on any atom is 0.255 e. The molecule has 5 rings (SSSR count). The van der Waals surface area contributed by atoms with Gasteiger partial charge in [-0.3, -0.25) is 9.59 Å². The number of pyridine rings is 1. The van der Waals surface area contributed by atoms with Gasteiger partial charge in [0.1, 0.15) is 0 Å². The lowest BCUT2D eigenvalue weighted by atomic mass is 9.85. The molecule has 4 aromatic rings. The van der Waals surface area contributed by atoms with Crippen LogP contribution in [0, 0.1) is 5.92 Å². The number of aromatic nitrogens is 3. The molecule has 0 spiro atoms. The minimum atomic E-state index is -0.231. The molecule has 37 heavy (non-hydrogen) atoms. The number of nitrogens with one attached hydrogen (secondary N) is 2. The smallest absolute Gasteiger partial charge is 0.255 e. The number of hydrogen-bond donors (Lipinski definition) is 3. The Bertz CT molecular complexity index is 1410. The van der Waals surface area contributed by atoms with Gasteiger partial charge in [-0.1, -0.05) is 48.5 Å². The van der Waals surface area contributed by atoms with Crippen LogP contribution in [0.2, 0.25) is 0 Å². The molecule has 0 saturated heterocycles. The Balaban J connectivity index is 1.37. The van der Waals surface area contributed by atoms with Crippen LogP contribution in [0.4, 0.5) is 5.69 Å². The summed E-state index contributed by atoms with van der Waals surface area (Å²) >= 11 is 0. The molecule has 2 aromatic heterocycles. The maximum atomic E-state index is 13.4. The first-order valence-corrected chi connectivity index (χ1v) is 12.9. The van der Waals surface area contributed by atoms with E-state index < -0.39 is 0 Å². The van der Waals surface area contributed by atoms with Crippen molar-refractivity contribution < 1.29 is 9.59 Å². The van der Waals surface area contributed by atoms with Gasteiger partial charge in [0.05, 0.1) is 22.8 Å². The van der Waals surface area contributed by atoms with Crippen molar-refractivity contribution in [3.8, 4) is 11.1 Å². The monoisotopic (exact) mass is 496 g/mol. The number of carbonyl (C=O) groups excluding carboxylic acids is 2. The molecule has 2 aromatic carbocycles. The van der Waals surface area contributed by atoms with Crippen LogP contribution >= 0.6 is 0 Å². The molecular weight excluding hydrogens is 464 g/mol. The first kappa shape index (κ1) is 24.5. The second-order valence-electron chi connectivity index (χ2n) is 9.59. The number of nitrogens with zero attached hydrogens (tertiary/aromatic N) is 3. The highest BCUT2D eigenvalue weighted by molar-refractivity contribution is 6.06. The molecule has 8 heteroatoms. The summed E-state index contributed by atoms with van der Waals surface area (Å²) in [5, 5.41) is 11.9. The van der Waals surface area contributed by atoms with Crippen molar-refractivity contribution >= 4 is 28.5 Å². The van der Waals surface area contributed by atoms with Gasteiger partial charge < -0.3 is 16.4 Å². The van der Waals surface area contributed by atoms with Gasteiger partial charge in [-0.15, -0.1) is 0 Å². The molecule has 1 saturated carbocycles. The third kappa shape index (κ3) is 5.33. The molecule has 0 aliphatic heterocycles. The van der Waals surface area contributed by atoms with Gasteiger partial charge in [0.25, 0.3) is 5.91 Å². The van der Waals surface area contributed by atoms with Gasteiger partial charge in [0.2, 0.25) is 5.91 Å². The van der Waals surface area contributed by atoms with E-state index in [-0.39, 0.29) is 23.8 Å². The Labute approximate surface area is 216 Å². The van der Waals surface area contributed by atoms with Crippen molar-refractivity contribution in [3.05, 3.63) is 78.1 Å². The molecule has 1 aliphatic rings. The van der Waals surface area contributed by atoms with Crippen molar-refractivity contribution in [3.63, 3.8) is 0 Å². The molecule has 1 fully saturated rings. The lowest BCUT2D eigenvalue weighted by Crippen LogP contribution is -2.33. The Kier molecular flexibility index (Phi) is 7.16. The third-order valence-electron chi connectivity index (χ3n) is 7.18. The van der Waals surface area contributed by atoms with E-state index in [1.165, 1.54) is 0 Å². The number of hydrogen-bond acceptors (Lipinski definition) is 5. The number of aryl methyl sites for hydroxylation is 1. The molecule has 8 nitrogen and oxygen atoms in total. The van der Waals surface area contributed by atoms with Crippen LogP contribution in [0.25, 0.3) is 22.2 Å². The molecule has 0 unspecified atom stereocenters. The molecule has 0 radical (unpaired) electrons. The second-order valence-corrected chi connectivity index (χ2v) is 9.59. The molecule has 0 bridgehead atoms. The number of rotatable bonds is 8. The fourth-order valence-corrected chi connectivity index (χ4v) is 5.08. The summed E-state index contributed by atoms with van der Waals surface area (Å²) in [6.07, 6.45) is 6.51. The Morgan fingerprint density at radius 3 is 2.49 bits per heavy atom. The van der Waals surface area contributed by atoms with Gasteiger partial charge in [0, 0.05) is 31.2 Å². The largest absolute Gasteiger partial charge is 0.381 e. The zero-order valence-corrected chi connectivity index (χ0v) is 21.0. The normalized spacial score (nSPS) is 17.4. The van der Waals surface area contributed by atoms with Crippen molar-refractivity contribution in [2.24, 2.45) is 11.7 Å². The number of benzene rings is 2. The summed E-state index contributed by atoms with van der Waals surface area (Å²) < 4.78 is 1.82. The minimum Gasteiger partial charge on any atom is -0.381 e. The summed E-state index contributed by atoms with van der Waals surface area (Å²) in [7, 11) is 0. The number of amides is 2. The van der Waals surface area contributed by atoms with E-state index in [1.807, 2.05) is 41.9 Å². The predicted molar refractivity (Wildman–Crippen MR) is 145 cm³/mol. The quantitative estimate of drug-likeness (QED) is 0.332. The van der Waals surface area contributed by atoms with Crippen LogP contribution in [0.3, 0.4) is 0 Å². The molecular formula is C29H32N6O2. The van der Waals surface area contributed by atoms with E-state index in [0.717, 1.165) is 59.1 Å². The van der Waals surface area contributed by atoms with Crippen LogP contribution < -0.4 is 16.4 Å². The van der Waals surface area contributed by atoms with Crippen LogP contribution in [-0.4, -0.2) is 32.6 Å². The predicted octanol–water partition coefficient (Wildman–Crippen LogP) is 4.50. The number of fused-ring (bicyclic) bond motifs is 1. The highest BCUT2D eigenvalue weighted by Gasteiger charge is 2.27. The van der Waals surface area contributed by atoms with E-state index in [9.17, 15) is 9.59 Å². The average Bonchev–Trinajstić information content (AvgIpc) is 3.36. The van der Waals surface area contributed by atoms with E-state index in [0.29, 0.717) is 18.7 Å². The lowest BCUT2D eigenvalue weighted by Gasteiger charge is -2.29. The second kappa shape index (κ2) is 10.8. The van der Waals surface area contributed by atoms with E-state index in [1.54, 1.807) is 12.4 Å². The first-order valence-electron chi connectivity index (χ1n) is 12.9. The zero-order valence-electron chi connectivity index (χ0n) is 21.0. The summed E-state index contributed by atoms with van der Waals surface area (Å²) in [6.45, 7) is 3.09. The summed E-state index contributed by atoms with van der Waals surface area (Å²) in [5.74, 6) is -0.504. The average molecular weight is 497 g/mol. The first-order chi connectivity index (χ1) is 18.0. The number of carbonyl (C=O) groups is 2. The molecule has 2 amide bonds. The lowest BCUT2D eigenvalue weighted by molar-refractivity contribution is -0.122. The van der Waals surface area contributed by atoms with Crippen molar-refractivity contribution in [1.82, 2.24) is 20.1 Å². The summed E-state index contributed by atoms with van der Waals surface area (Å²) in [4.78, 5) is 29.6. The minimum absolute atomic E-state index is 0.0761. The Morgan fingerprint density at radius 2 is 1.76 bits per heavy atom. The number of nitrogens with two attached hydrogens (primary N) is 1. The Morgan fingerprint density at radius 1 is 1.00 bits per heavy atom. The van der Waals surface area contributed by atoms with E-state index in [2.05, 4.69) is 45.0 Å². The summed E-state index contributed by atoms with van der Waals surface area (Å²) in [6, 6.07) is 18.5. The standard InChI is InChI=1S/C29H32N6O2/c1-2-35-28-24(18-33-35)26(34-23-13-11-21(12-14-23)27(30)36)25(17-31-28)29(37)32-16-19-7-6-10-22(15-19)20-8-4-3-5-9-20/h3-10,15,17-18,21,23H,2,11-14,16H2,1H3,(H2,30,36)(H,31,34)(H,32,37). The molecule has 2 heterocycles. The van der Waals surface area contributed by atoms with Crippen LogP contribution in [0.1, 0.15) is 48.5 Å². The summed E-state index contributed by atoms with van der Waals surface area (Å²) in [5.41, 5.74) is 10.7. The van der Waals surface area contributed by atoms with Gasteiger partial charge >= 0.3 is 0 Å². The van der Waals surface area contributed by atoms with Gasteiger partial charge in [0.15, 0.2) is 5.65 Å². The van der Waals surface area contributed by atoms with E-state index >= 15 is 0 Å². The molecule has 4 N–H and O–H groups in total. The molecule has 190 valence electrons. The highest BCUT2D eigenvalue weighted by atomic mass is 16.2. The SMILES string of the molecule is CCn1ncc2c(NC3CCC(C(N)=O)CC3)c(C(=O)NCc3cccc(-c4ccccc4)c3)cnc21. The molecule has 0 atom stereocenters. The van der Waals surface area contributed by atoms with Gasteiger partial charge in [-0.2, -0.15) is 5.10 Å². The van der Waals surface area contributed by atoms with Crippen molar-refractivity contribution in [2.45, 2.75) is 51.7 Å². The van der Waals surface area contributed by atoms with Crippen LogP contribution in [0.15, 0.2) is 67.0 Å². The fourth-order valence-electron chi connectivity index (χ4n) is 5.08. The number of primary amides is 1. The van der Waals surface area contributed by atoms with Crippen molar-refractivity contribution in [2.75, 3.05) is 5.32 Å². The van der Waals surface area contributed by atoms with Crippen LogP contribution in [-0.2, 0) is 17.9 Å². The van der Waals surface area contributed by atoms with Crippen LogP contribution in [0.5, 0.6) is 0 Å². The topological polar surface area (TPSA) is 115 Å². The fraction of sp³-hybridized carbons (Fsp3) is 0.310. The third-order valence-corrected chi connectivity index (χ3v) is 7.18. The van der Waals surface area contributed by atoms with E-state index in [4.69, 9.17) is 5.73 Å². The Hall–Kier alpha value is -4.20. The zero-order chi connectivity index (χ0) is 25.8. The maximum absolute atomic E-state index is 13.4. The highest BCUT2D eigenvalue weighted by Crippen LogP contribution is 2.31. The van der Waals surface area contributed by atoms with Gasteiger partial charge in [-0.25, -0.2) is 9.67 Å². The van der Waals surface area contributed by atoms with Crippen molar-refractivity contribution in [1.29, 1.82) is 0 Å².